The van der Waals surface area contributed by atoms with Crippen molar-refractivity contribution in [3.05, 3.63) is 0 Å². The average molecular weight is 233 g/mol. The summed E-state index contributed by atoms with van der Waals surface area (Å²) >= 11 is 0. The van der Waals surface area contributed by atoms with Crippen LogP contribution >= 0.6 is 0 Å². The Hall–Kier alpha value is -1.18. The van der Waals surface area contributed by atoms with Gasteiger partial charge in [-0.3, -0.25) is 21.1 Å². The Morgan fingerprint density at radius 2 is 1.56 bits per heavy atom. The second kappa shape index (κ2) is 7.15. The third-order valence-corrected chi connectivity index (χ3v) is 1.58. The molecule has 7 nitrogen and oxygen atoms in total. The van der Waals surface area contributed by atoms with Gasteiger partial charge < -0.3 is 15.2 Å². The van der Waals surface area contributed by atoms with Gasteiger partial charge in [-0.2, -0.15) is 0 Å². The number of ether oxygens (including phenoxy) is 2. The van der Waals surface area contributed by atoms with E-state index >= 15 is 0 Å². The Morgan fingerprint density at radius 3 is 2.00 bits per heavy atom. The molecule has 0 radical (unpaired) electrons. The van der Waals surface area contributed by atoms with Gasteiger partial charge in [0.25, 0.3) is 0 Å². The van der Waals surface area contributed by atoms with E-state index in [1.54, 1.807) is 0 Å². The fourth-order valence-corrected chi connectivity index (χ4v) is 0.928. The van der Waals surface area contributed by atoms with Gasteiger partial charge in [0.1, 0.15) is 18.5 Å². The summed E-state index contributed by atoms with van der Waals surface area (Å²) in [5.74, 6) is -1.14. The van der Waals surface area contributed by atoms with Crippen molar-refractivity contribution in [2.24, 2.45) is 17.2 Å². The van der Waals surface area contributed by atoms with Crippen LogP contribution in [0.1, 0.15) is 26.7 Å². The second-order valence-corrected chi connectivity index (χ2v) is 3.48. The van der Waals surface area contributed by atoms with Crippen LogP contribution in [0.15, 0.2) is 0 Å². The molecule has 0 bridgehead atoms. The summed E-state index contributed by atoms with van der Waals surface area (Å²) in [7, 11) is 0. The van der Waals surface area contributed by atoms with E-state index in [1.807, 2.05) is 0 Å². The van der Waals surface area contributed by atoms with Gasteiger partial charge >= 0.3 is 11.9 Å². The molecule has 0 aliphatic heterocycles. The van der Waals surface area contributed by atoms with Crippen molar-refractivity contribution in [1.82, 2.24) is 0 Å². The van der Waals surface area contributed by atoms with Crippen LogP contribution in [0.25, 0.3) is 0 Å². The Balaban J connectivity index is 3.84. The Bertz CT molecular complexity index is 243. The first-order chi connectivity index (χ1) is 7.32. The number of hydrogen-bond acceptors (Lipinski definition) is 7. The van der Waals surface area contributed by atoms with Crippen LogP contribution in [0.4, 0.5) is 0 Å². The summed E-state index contributed by atoms with van der Waals surface area (Å²) in [6.07, 6.45) is -1.23. The number of carbonyl (C=O) groups excluding carboxylic acids is 2. The van der Waals surface area contributed by atoms with Crippen LogP contribution in [0.3, 0.4) is 0 Å². The molecule has 0 aromatic carbocycles. The van der Waals surface area contributed by atoms with Gasteiger partial charge in [0, 0.05) is 6.42 Å². The molecule has 0 amide bonds. The third kappa shape index (κ3) is 7.16. The van der Waals surface area contributed by atoms with Gasteiger partial charge in [-0.25, -0.2) is 0 Å². The molecular weight excluding hydrogens is 214 g/mol. The van der Waals surface area contributed by atoms with Gasteiger partial charge in [-0.15, -0.1) is 0 Å². The van der Waals surface area contributed by atoms with E-state index < -0.39 is 30.4 Å². The molecule has 0 aromatic rings. The zero-order valence-electron chi connectivity index (χ0n) is 9.51. The van der Waals surface area contributed by atoms with E-state index in [0.29, 0.717) is 0 Å². The summed E-state index contributed by atoms with van der Waals surface area (Å²) in [5.41, 5.74) is 16.0. The zero-order valence-corrected chi connectivity index (χ0v) is 9.51. The van der Waals surface area contributed by atoms with Crippen molar-refractivity contribution in [3.63, 3.8) is 0 Å². The van der Waals surface area contributed by atoms with E-state index in [0.717, 1.165) is 0 Å². The topological polar surface area (TPSA) is 131 Å². The zero-order chi connectivity index (χ0) is 12.7. The highest BCUT2D eigenvalue weighted by Gasteiger charge is 2.18. The molecule has 0 saturated heterocycles. The Morgan fingerprint density at radius 1 is 1.06 bits per heavy atom. The van der Waals surface area contributed by atoms with Crippen molar-refractivity contribution >= 4 is 11.9 Å². The maximum atomic E-state index is 11.2. The lowest BCUT2D eigenvalue weighted by atomic mass is 10.2. The van der Waals surface area contributed by atoms with Gasteiger partial charge in [-0.1, -0.05) is 0 Å². The number of esters is 2. The molecule has 0 saturated carbocycles. The van der Waals surface area contributed by atoms with Crippen molar-refractivity contribution < 1.29 is 19.1 Å². The normalized spacial score (nSPS) is 16.1. The fraction of sp³-hybridized carbons (Fsp3) is 0.778. The fourth-order valence-electron chi connectivity index (χ4n) is 0.928. The minimum atomic E-state index is -0.883. The monoisotopic (exact) mass is 233 g/mol. The first-order valence-electron chi connectivity index (χ1n) is 4.99. The molecule has 16 heavy (non-hydrogen) atoms. The largest absolute Gasteiger partial charge is 0.447 e. The van der Waals surface area contributed by atoms with Crippen LogP contribution in [-0.4, -0.2) is 30.4 Å². The minimum absolute atomic E-state index is 0.0107. The van der Waals surface area contributed by atoms with Crippen LogP contribution in [0.2, 0.25) is 0 Å². The standard InChI is InChI=1S/C9H19N3O4/c1-5(10)15-8(13)4-3-7(12)9(14)16-6(2)11/h5-7H,3-4,10-12H2,1-2H3/t5?,6?,7-/m0/s1. The predicted molar refractivity (Wildman–Crippen MR) is 56.7 cm³/mol. The van der Waals surface area contributed by atoms with E-state index in [9.17, 15) is 9.59 Å². The number of hydrogen-bond donors (Lipinski definition) is 3. The molecule has 6 N–H and O–H groups in total. The van der Waals surface area contributed by atoms with Gasteiger partial charge in [-0.05, 0) is 20.3 Å². The van der Waals surface area contributed by atoms with Crippen LogP contribution in [0.5, 0.6) is 0 Å². The van der Waals surface area contributed by atoms with E-state index in [-0.39, 0.29) is 12.8 Å². The SMILES string of the molecule is CC(N)OC(=O)CC[C@H](N)C(=O)OC(C)N. The maximum Gasteiger partial charge on any atom is 0.324 e. The maximum absolute atomic E-state index is 11.2. The van der Waals surface area contributed by atoms with Crippen molar-refractivity contribution in [3.8, 4) is 0 Å². The molecule has 7 heteroatoms. The molecule has 0 rings (SSSR count). The molecule has 2 unspecified atom stereocenters. The molecular formula is C9H19N3O4. The first-order valence-corrected chi connectivity index (χ1v) is 4.99. The van der Waals surface area contributed by atoms with Gasteiger partial charge in [0.05, 0.1) is 0 Å². The van der Waals surface area contributed by atoms with Crippen LogP contribution < -0.4 is 17.2 Å². The van der Waals surface area contributed by atoms with E-state index in [1.165, 1.54) is 13.8 Å². The highest BCUT2D eigenvalue weighted by Crippen LogP contribution is 2.01. The van der Waals surface area contributed by atoms with Crippen LogP contribution in [0, 0.1) is 0 Å². The third-order valence-electron chi connectivity index (χ3n) is 1.58. The van der Waals surface area contributed by atoms with Crippen molar-refractivity contribution in [2.75, 3.05) is 0 Å². The number of nitrogens with two attached hydrogens (primary N) is 3. The molecule has 0 aliphatic rings. The minimum Gasteiger partial charge on any atom is -0.447 e. The lowest BCUT2D eigenvalue weighted by Crippen LogP contribution is -2.37. The molecule has 0 spiro atoms. The highest BCUT2D eigenvalue weighted by atomic mass is 16.6. The molecule has 0 fully saturated rings. The number of rotatable bonds is 6. The second-order valence-electron chi connectivity index (χ2n) is 3.48. The van der Waals surface area contributed by atoms with Crippen molar-refractivity contribution in [2.45, 2.75) is 45.2 Å². The highest BCUT2D eigenvalue weighted by molar-refractivity contribution is 5.77. The number of carbonyl (C=O) groups is 2. The summed E-state index contributed by atoms with van der Waals surface area (Å²) < 4.78 is 9.33. The Labute approximate surface area is 94.2 Å². The van der Waals surface area contributed by atoms with E-state index in [2.05, 4.69) is 9.47 Å². The van der Waals surface area contributed by atoms with Crippen molar-refractivity contribution in [1.29, 1.82) is 0 Å². The average Bonchev–Trinajstić information content (AvgIpc) is 2.11. The Kier molecular flexibility index (Phi) is 6.63. The first kappa shape index (κ1) is 14.8. The van der Waals surface area contributed by atoms with Crippen LogP contribution in [-0.2, 0) is 19.1 Å². The summed E-state index contributed by atoms with van der Waals surface area (Å²) in [5, 5.41) is 0. The quantitative estimate of drug-likeness (QED) is 0.387. The molecule has 3 atom stereocenters. The summed E-state index contributed by atoms with van der Waals surface area (Å²) in [4.78, 5) is 22.3. The van der Waals surface area contributed by atoms with Gasteiger partial charge in [0.15, 0.2) is 0 Å². The smallest absolute Gasteiger partial charge is 0.324 e. The lowest BCUT2D eigenvalue weighted by Gasteiger charge is -2.13. The molecule has 94 valence electrons. The predicted octanol–water partition coefficient (Wildman–Crippen LogP) is -1.21. The molecule has 0 aromatic heterocycles. The molecule has 0 aliphatic carbocycles. The lowest BCUT2D eigenvalue weighted by molar-refractivity contribution is -0.151. The summed E-state index contributed by atoms with van der Waals surface area (Å²) in [6.45, 7) is 3.04. The molecule has 0 heterocycles. The van der Waals surface area contributed by atoms with E-state index in [4.69, 9.17) is 17.2 Å². The van der Waals surface area contributed by atoms with Gasteiger partial charge in [0.2, 0.25) is 0 Å². The summed E-state index contributed by atoms with van der Waals surface area (Å²) in [6, 6.07) is -0.883.